The second-order valence-corrected chi connectivity index (χ2v) is 3.80. The van der Waals surface area contributed by atoms with E-state index in [2.05, 4.69) is 10.1 Å². The number of rotatable bonds is 5. The zero-order chi connectivity index (χ0) is 13.0. The number of hydrogen-bond acceptors (Lipinski definition) is 5. The highest BCUT2D eigenvalue weighted by molar-refractivity contribution is 5.66. The predicted molar refractivity (Wildman–Crippen MR) is 61.2 cm³/mol. The van der Waals surface area contributed by atoms with Gasteiger partial charge in [0, 0.05) is 18.4 Å². The summed E-state index contributed by atoms with van der Waals surface area (Å²) in [5.41, 5.74) is 0.697. The fourth-order valence-electron chi connectivity index (χ4n) is 1.51. The minimum absolute atomic E-state index is 0.0434. The van der Waals surface area contributed by atoms with E-state index >= 15 is 0 Å². The van der Waals surface area contributed by atoms with Crippen LogP contribution in [0.5, 0.6) is 5.75 Å². The number of hydrogen-bond donors (Lipinski definition) is 2. The van der Waals surface area contributed by atoms with Crippen LogP contribution in [0.25, 0.3) is 0 Å². The molecule has 0 fully saturated rings. The molecule has 1 aromatic heterocycles. The summed E-state index contributed by atoms with van der Waals surface area (Å²) >= 11 is 0. The minimum atomic E-state index is -0.907. The Morgan fingerprint density at radius 2 is 2.11 bits per heavy atom. The van der Waals surface area contributed by atoms with Crippen LogP contribution in [0.2, 0.25) is 0 Å². The van der Waals surface area contributed by atoms with Gasteiger partial charge in [-0.1, -0.05) is 23.4 Å². The number of aromatic nitrogens is 2. The molecule has 2 N–H and O–H groups in total. The van der Waals surface area contributed by atoms with E-state index in [4.69, 9.17) is 9.63 Å². The summed E-state index contributed by atoms with van der Waals surface area (Å²) < 4.78 is 4.92. The summed E-state index contributed by atoms with van der Waals surface area (Å²) in [6, 6.07) is 6.89. The van der Waals surface area contributed by atoms with Crippen LogP contribution in [0.1, 0.15) is 23.7 Å². The van der Waals surface area contributed by atoms with Crippen LogP contribution < -0.4 is 0 Å². The SMILES string of the molecule is O=C(O)CCc1nc(Cc2ccccc2O)no1. The van der Waals surface area contributed by atoms with Crippen molar-refractivity contribution in [2.45, 2.75) is 19.3 Å². The molecule has 0 aliphatic heterocycles. The first-order valence-corrected chi connectivity index (χ1v) is 5.45. The summed E-state index contributed by atoms with van der Waals surface area (Å²) in [6.45, 7) is 0. The highest BCUT2D eigenvalue weighted by Gasteiger charge is 2.10. The first-order chi connectivity index (χ1) is 8.65. The zero-order valence-electron chi connectivity index (χ0n) is 9.54. The molecule has 1 heterocycles. The van der Waals surface area contributed by atoms with Gasteiger partial charge in [-0.2, -0.15) is 4.98 Å². The van der Waals surface area contributed by atoms with Crippen molar-refractivity contribution < 1.29 is 19.5 Å². The normalized spacial score (nSPS) is 10.4. The lowest BCUT2D eigenvalue weighted by atomic mass is 10.1. The van der Waals surface area contributed by atoms with Gasteiger partial charge in [0.1, 0.15) is 5.75 Å². The van der Waals surface area contributed by atoms with Gasteiger partial charge in [0.05, 0.1) is 6.42 Å². The first-order valence-electron chi connectivity index (χ1n) is 5.45. The molecule has 6 heteroatoms. The monoisotopic (exact) mass is 248 g/mol. The van der Waals surface area contributed by atoms with E-state index in [9.17, 15) is 9.90 Å². The predicted octanol–water partition coefficient (Wildman–Crippen LogP) is 1.38. The van der Waals surface area contributed by atoms with Gasteiger partial charge in [-0.25, -0.2) is 0 Å². The summed E-state index contributed by atoms with van der Waals surface area (Å²) in [6.07, 6.45) is 0.518. The summed E-state index contributed by atoms with van der Waals surface area (Å²) in [5.74, 6) is -0.00968. The first kappa shape index (κ1) is 12.1. The summed E-state index contributed by atoms with van der Waals surface area (Å²) in [5, 5.41) is 21.9. The van der Waals surface area contributed by atoms with Gasteiger partial charge in [-0.15, -0.1) is 0 Å². The number of carboxylic acids is 1. The highest BCUT2D eigenvalue weighted by Crippen LogP contribution is 2.18. The Bertz CT molecular complexity index is 551. The Morgan fingerprint density at radius 1 is 1.33 bits per heavy atom. The molecule has 0 saturated heterocycles. The van der Waals surface area contributed by atoms with Gasteiger partial charge in [0.2, 0.25) is 5.89 Å². The topological polar surface area (TPSA) is 96.5 Å². The van der Waals surface area contributed by atoms with Crippen LogP contribution in [-0.2, 0) is 17.6 Å². The van der Waals surface area contributed by atoms with E-state index in [1.807, 2.05) is 0 Å². The van der Waals surface area contributed by atoms with Gasteiger partial charge in [-0.3, -0.25) is 4.79 Å². The fraction of sp³-hybridized carbons (Fsp3) is 0.250. The van der Waals surface area contributed by atoms with Crippen molar-refractivity contribution in [3.8, 4) is 5.75 Å². The molecular weight excluding hydrogens is 236 g/mol. The zero-order valence-corrected chi connectivity index (χ0v) is 9.54. The van der Waals surface area contributed by atoms with Crippen LogP contribution >= 0.6 is 0 Å². The molecule has 2 rings (SSSR count). The number of aromatic hydroxyl groups is 1. The number of aliphatic carboxylic acids is 1. The smallest absolute Gasteiger partial charge is 0.303 e. The van der Waals surface area contributed by atoms with Crippen molar-refractivity contribution in [1.82, 2.24) is 10.1 Å². The number of carbonyl (C=O) groups is 1. The molecule has 0 atom stereocenters. The molecule has 1 aromatic carbocycles. The largest absolute Gasteiger partial charge is 0.508 e. The van der Waals surface area contributed by atoms with Crippen molar-refractivity contribution in [2.75, 3.05) is 0 Å². The van der Waals surface area contributed by atoms with Gasteiger partial charge in [-0.05, 0) is 6.07 Å². The number of phenolic OH excluding ortho intramolecular Hbond substituents is 1. The highest BCUT2D eigenvalue weighted by atomic mass is 16.5. The molecule has 18 heavy (non-hydrogen) atoms. The number of aryl methyl sites for hydroxylation is 1. The third-order valence-corrected chi connectivity index (χ3v) is 2.40. The van der Waals surface area contributed by atoms with E-state index in [1.165, 1.54) is 0 Å². The maximum absolute atomic E-state index is 10.4. The number of phenols is 1. The van der Waals surface area contributed by atoms with E-state index < -0.39 is 5.97 Å². The van der Waals surface area contributed by atoms with Gasteiger partial charge < -0.3 is 14.7 Å². The Hall–Kier alpha value is -2.37. The van der Waals surface area contributed by atoms with E-state index in [0.717, 1.165) is 0 Å². The standard InChI is InChI=1S/C12H12N2O4/c15-9-4-2-1-3-8(9)7-10-13-11(18-14-10)5-6-12(16)17/h1-4,15H,5-7H2,(H,16,17). The molecule has 0 bridgehead atoms. The number of para-hydroxylation sites is 1. The van der Waals surface area contributed by atoms with Crippen LogP contribution in [0.15, 0.2) is 28.8 Å². The second kappa shape index (κ2) is 5.31. The maximum atomic E-state index is 10.4. The third-order valence-electron chi connectivity index (χ3n) is 2.40. The number of nitrogens with zero attached hydrogens (tertiary/aromatic N) is 2. The quantitative estimate of drug-likeness (QED) is 0.829. The lowest BCUT2D eigenvalue weighted by Gasteiger charge is -1.99. The van der Waals surface area contributed by atoms with Crippen molar-refractivity contribution in [2.24, 2.45) is 0 Å². The lowest BCUT2D eigenvalue weighted by Crippen LogP contribution is -1.98. The van der Waals surface area contributed by atoms with Crippen LogP contribution in [0.4, 0.5) is 0 Å². The molecule has 0 saturated carbocycles. The average molecular weight is 248 g/mol. The Labute approximate surface area is 103 Å². The van der Waals surface area contributed by atoms with E-state index in [0.29, 0.717) is 23.7 Å². The third kappa shape index (κ3) is 3.07. The van der Waals surface area contributed by atoms with Crippen molar-refractivity contribution in [3.05, 3.63) is 41.5 Å². The molecule has 6 nitrogen and oxygen atoms in total. The molecular formula is C12H12N2O4. The van der Waals surface area contributed by atoms with Crippen molar-refractivity contribution >= 4 is 5.97 Å². The Kier molecular flexibility index (Phi) is 3.57. The van der Waals surface area contributed by atoms with E-state index in [1.54, 1.807) is 24.3 Å². The molecule has 2 aromatic rings. The number of benzene rings is 1. The maximum Gasteiger partial charge on any atom is 0.303 e. The van der Waals surface area contributed by atoms with Crippen LogP contribution in [0.3, 0.4) is 0 Å². The van der Waals surface area contributed by atoms with Crippen LogP contribution in [-0.4, -0.2) is 26.3 Å². The molecule has 0 amide bonds. The van der Waals surface area contributed by atoms with Gasteiger partial charge in [0.25, 0.3) is 0 Å². The molecule has 0 aliphatic rings. The molecule has 94 valence electrons. The lowest BCUT2D eigenvalue weighted by molar-refractivity contribution is -0.137. The van der Waals surface area contributed by atoms with Gasteiger partial charge in [0.15, 0.2) is 5.82 Å². The van der Waals surface area contributed by atoms with Crippen molar-refractivity contribution in [3.63, 3.8) is 0 Å². The van der Waals surface area contributed by atoms with Crippen LogP contribution in [0, 0.1) is 0 Å². The molecule has 0 unspecified atom stereocenters. The second-order valence-electron chi connectivity index (χ2n) is 3.80. The summed E-state index contributed by atoms with van der Waals surface area (Å²) in [7, 11) is 0. The fourth-order valence-corrected chi connectivity index (χ4v) is 1.51. The Morgan fingerprint density at radius 3 is 2.83 bits per heavy atom. The molecule has 0 aliphatic carbocycles. The Balaban J connectivity index is 2.02. The minimum Gasteiger partial charge on any atom is -0.508 e. The summed E-state index contributed by atoms with van der Waals surface area (Å²) in [4.78, 5) is 14.5. The average Bonchev–Trinajstić information content (AvgIpc) is 2.77. The molecule has 0 spiro atoms. The molecule has 0 radical (unpaired) electrons. The number of carboxylic acid groups (broad SMARTS) is 1. The van der Waals surface area contributed by atoms with Gasteiger partial charge >= 0.3 is 5.97 Å². The van der Waals surface area contributed by atoms with E-state index in [-0.39, 0.29) is 18.6 Å². The van der Waals surface area contributed by atoms with Crippen molar-refractivity contribution in [1.29, 1.82) is 0 Å².